The van der Waals surface area contributed by atoms with Crippen LogP contribution < -0.4 is 10.5 Å². The van der Waals surface area contributed by atoms with Crippen LogP contribution in [0.5, 0.6) is 0 Å². The van der Waals surface area contributed by atoms with Crippen LogP contribution >= 0.6 is 34.5 Å². The molecule has 0 saturated carbocycles. The van der Waals surface area contributed by atoms with Gasteiger partial charge in [-0.1, -0.05) is 23.2 Å². The molecule has 1 atom stereocenters. The summed E-state index contributed by atoms with van der Waals surface area (Å²) in [5.74, 6) is 0.835. The van der Waals surface area contributed by atoms with E-state index >= 15 is 0 Å². The number of halogens is 2. The number of aromatic nitrogens is 3. The lowest BCUT2D eigenvalue weighted by Crippen LogP contribution is -2.44. The van der Waals surface area contributed by atoms with Crippen molar-refractivity contribution in [1.29, 1.82) is 0 Å². The SMILES string of the molecule is CC1COCCN1c1nc(-c2scnc2Cl)[nH]c(=O)c1Cl. The van der Waals surface area contributed by atoms with E-state index in [-0.39, 0.29) is 16.6 Å². The number of nitrogens with zero attached hydrogens (tertiary/aromatic N) is 3. The fraction of sp³-hybridized carbons (Fsp3) is 0.417. The van der Waals surface area contributed by atoms with Crippen molar-refractivity contribution in [3.05, 3.63) is 26.0 Å². The monoisotopic (exact) mass is 346 g/mol. The molecule has 21 heavy (non-hydrogen) atoms. The molecule has 0 amide bonds. The molecule has 0 aromatic carbocycles. The maximum absolute atomic E-state index is 12.1. The highest BCUT2D eigenvalue weighted by Crippen LogP contribution is 2.31. The van der Waals surface area contributed by atoms with Crippen molar-refractivity contribution in [2.75, 3.05) is 24.7 Å². The zero-order valence-electron chi connectivity index (χ0n) is 11.1. The molecule has 1 unspecified atom stereocenters. The van der Waals surface area contributed by atoms with Gasteiger partial charge in [-0.15, -0.1) is 11.3 Å². The molecule has 0 spiro atoms. The second-order valence-electron chi connectivity index (χ2n) is 4.64. The van der Waals surface area contributed by atoms with Crippen LogP contribution in [0.3, 0.4) is 0 Å². The van der Waals surface area contributed by atoms with Gasteiger partial charge in [0, 0.05) is 6.54 Å². The molecule has 3 heterocycles. The Balaban J connectivity index is 2.10. The highest BCUT2D eigenvalue weighted by Gasteiger charge is 2.25. The van der Waals surface area contributed by atoms with Crippen LogP contribution in [0.4, 0.5) is 5.82 Å². The molecule has 3 rings (SSSR count). The second kappa shape index (κ2) is 5.92. The second-order valence-corrected chi connectivity index (χ2v) is 6.23. The number of rotatable bonds is 2. The van der Waals surface area contributed by atoms with Crippen LogP contribution in [0.25, 0.3) is 10.7 Å². The van der Waals surface area contributed by atoms with Gasteiger partial charge in [0.25, 0.3) is 5.56 Å². The Kier molecular flexibility index (Phi) is 4.17. The van der Waals surface area contributed by atoms with Gasteiger partial charge in [-0.3, -0.25) is 4.79 Å². The highest BCUT2D eigenvalue weighted by atomic mass is 35.5. The van der Waals surface area contributed by atoms with Crippen LogP contribution in [0.2, 0.25) is 10.2 Å². The fourth-order valence-corrected chi connectivity index (χ4v) is 3.32. The summed E-state index contributed by atoms with van der Waals surface area (Å²) in [4.78, 5) is 25.7. The predicted molar refractivity (Wildman–Crippen MR) is 83.6 cm³/mol. The normalized spacial score (nSPS) is 19.0. The minimum absolute atomic E-state index is 0.0770. The maximum atomic E-state index is 12.1. The Hall–Kier alpha value is -1.15. The number of ether oxygens (including phenoxy) is 1. The third-order valence-corrected chi connectivity index (χ3v) is 4.80. The predicted octanol–water partition coefficient (Wildman–Crippen LogP) is 2.43. The van der Waals surface area contributed by atoms with Gasteiger partial charge in [0.2, 0.25) is 0 Å². The quantitative estimate of drug-likeness (QED) is 0.903. The summed E-state index contributed by atoms with van der Waals surface area (Å²) >= 11 is 13.4. The number of aromatic amines is 1. The molecule has 1 fully saturated rings. The number of morpholine rings is 1. The first-order valence-electron chi connectivity index (χ1n) is 6.31. The van der Waals surface area contributed by atoms with Crippen molar-refractivity contribution in [3.63, 3.8) is 0 Å². The molecule has 1 N–H and O–H groups in total. The Labute approximate surface area is 134 Å². The van der Waals surface area contributed by atoms with Crippen molar-refractivity contribution in [1.82, 2.24) is 15.0 Å². The number of thiazole rings is 1. The molecule has 1 aliphatic rings. The van der Waals surface area contributed by atoms with E-state index in [0.29, 0.717) is 41.4 Å². The largest absolute Gasteiger partial charge is 0.377 e. The van der Waals surface area contributed by atoms with E-state index in [1.165, 1.54) is 11.3 Å². The molecule has 0 aliphatic carbocycles. The Morgan fingerprint density at radius 2 is 2.33 bits per heavy atom. The molecular formula is C12H12Cl2N4O2S. The molecule has 0 radical (unpaired) electrons. The van der Waals surface area contributed by atoms with Crippen LogP contribution in [0.15, 0.2) is 10.3 Å². The van der Waals surface area contributed by atoms with Crippen molar-refractivity contribution in [2.24, 2.45) is 0 Å². The van der Waals surface area contributed by atoms with Crippen LogP contribution in [-0.4, -0.2) is 40.8 Å². The Morgan fingerprint density at radius 3 is 3.00 bits per heavy atom. The lowest BCUT2D eigenvalue weighted by Gasteiger charge is -2.34. The zero-order chi connectivity index (χ0) is 15.0. The molecule has 6 nitrogen and oxygen atoms in total. The van der Waals surface area contributed by atoms with Crippen molar-refractivity contribution < 1.29 is 4.74 Å². The van der Waals surface area contributed by atoms with E-state index in [2.05, 4.69) is 15.0 Å². The van der Waals surface area contributed by atoms with E-state index in [1.807, 2.05) is 11.8 Å². The molecule has 112 valence electrons. The third-order valence-electron chi connectivity index (χ3n) is 3.22. The van der Waals surface area contributed by atoms with Gasteiger partial charge < -0.3 is 14.6 Å². The molecule has 1 aliphatic heterocycles. The first-order chi connectivity index (χ1) is 10.1. The minimum Gasteiger partial charge on any atom is -0.377 e. The van der Waals surface area contributed by atoms with E-state index in [0.717, 1.165) is 0 Å². The summed E-state index contributed by atoms with van der Waals surface area (Å²) in [5.41, 5.74) is 1.21. The summed E-state index contributed by atoms with van der Waals surface area (Å²) in [5, 5.41) is 0.389. The van der Waals surface area contributed by atoms with E-state index < -0.39 is 0 Å². The lowest BCUT2D eigenvalue weighted by atomic mass is 10.2. The molecular weight excluding hydrogens is 335 g/mol. The summed E-state index contributed by atoms with van der Waals surface area (Å²) in [6.45, 7) is 3.78. The summed E-state index contributed by atoms with van der Waals surface area (Å²) in [6.07, 6.45) is 0. The van der Waals surface area contributed by atoms with Gasteiger partial charge in [0.15, 0.2) is 16.8 Å². The standard InChI is InChI=1S/C12H12Cl2N4O2S/c1-6-4-20-3-2-18(6)11-7(13)12(19)17-10(16-11)8-9(14)15-5-21-8/h5-6H,2-4H2,1H3,(H,16,17,19). The van der Waals surface area contributed by atoms with Gasteiger partial charge in [-0.05, 0) is 6.92 Å². The van der Waals surface area contributed by atoms with Gasteiger partial charge in [0.1, 0.15) is 9.90 Å². The number of nitrogens with one attached hydrogen (secondary N) is 1. The molecule has 1 saturated heterocycles. The Morgan fingerprint density at radius 1 is 1.52 bits per heavy atom. The average molecular weight is 347 g/mol. The van der Waals surface area contributed by atoms with Gasteiger partial charge in [-0.25, -0.2) is 9.97 Å². The highest BCUT2D eigenvalue weighted by molar-refractivity contribution is 7.13. The van der Waals surface area contributed by atoms with Crippen LogP contribution in [0.1, 0.15) is 6.92 Å². The molecule has 9 heteroatoms. The van der Waals surface area contributed by atoms with Gasteiger partial charge in [-0.2, -0.15) is 0 Å². The van der Waals surface area contributed by atoms with E-state index in [9.17, 15) is 4.79 Å². The number of H-pyrrole nitrogens is 1. The molecule has 0 bridgehead atoms. The summed E-state index contributed by atoms with van der Waals surface area (Å²) < 4.78 is 5.40. The lowest BCUT2D eigenvalue weighted by molar-refractivity contribution is 0.0985. The van der Waals surface area contributed by atoms with Crippen molar-refractivity contribution >= 4 is 40.4 Å². The first kappa shape index (κ1) is 14.8. The topological polar surface area (TPSA) is 71.1 Å². The first-order valence-corrected chi connectivity index (χ1v) is 7.95. The zero-order valence-corrected chi connectivity index (χ0v) is 13.4. The smallest absolute Gasteiger partial charge is 0.272 e. The van der Waals surface area contributed by atoms with Gasteiger partial charge in [0.05, 0.1) is 24.8 Å². The maximum Gasteiger partial charge on any atom is 0.272 e. The number of hydrogen-bond acceptors (Lipinski definition) is 6. The van der Waals surface area contributed by atoms with Crippen molar-refractivity contribution in [2.45, 2.75) is 13.0 Å². The average Bonchev–Trinajstić information content (AvgIpc) is 2.89. The minimum atomic E-state index is -0.389. The number of hydrogen-bond donors (Lipinski definition) is 1. The van der Waals surface area contributed by atoms with Crippen LogP contribution in [-0.2, 0) is 4.74 Å². The van der Waals surface area contributed by atoms with Gasteiger partial charge >= 0.3 is 0 Å². The molecule has 2 aromatic rings. The van der Waals surface area contributed by atoms with E-state index in [1.54, 1.807) is 5.51 Å². The fourth-order valence-electron chi connectivity index (χ4n) is 2.17. The summed E-state index contributed by atoms with van der Waals surface area (Å²) in [7, 11) is 0. The Bertz CT molecular complexity index is 718. The summed E-state index contributed by atoms with van der Waals surface area (Å²) in [6, 6.07) is 0.0929. The number of anilines is 1. The van der Waals surface area contributed by atoms with E-state index in [4.69, 9.17) is 27.9 Å². The third kappa shape index (κ3) is 2.78. The van der Waals surface area contributed by atoms with Crippen LogP contribution in [0, 0.1) is 0 Å². The van der Waals surface area contributed by atoms with Crippen molar-refractivity contribution in [3.8, 4) is 10.7 Å². The molecule has 2 aromatic heterocycles.